The van der Waals surface area contributed by atoms with E-state index in [1.165, 1.54) is 28.9 Å². The van der Waals surface area contributed by atoms with Gasteiger partial charge in [-0.3, -0.25) is 9.59 Å². The van der Waals surface area contributed by atoms with Gasteiger partial charge in [0.15, 0.2) is 23.9 Å². The van der Waals surface area contributed by atoms with Crippen molar-refractivity contribution < 1.29 is 23.4 Å². The molecule has 0 aliphatic carbocycles. The molecule has 0 saturated heterocycles. The molecule has 236 valence electrons. The summed E-state index contributed by atoms with van der Waals surface area (Å²) in [7, 11) is 1.64. The second-order valence-electron chi connectivity index (χ2n) is 10.9. The van der Waals surface area contributed by atoms with Crippen molar-refractivity contribution in [3.63, 3.8) is 0 Å². The average molecular weight is 623 g/mol. The molecule has 1 aromatic heterocycles. The Bertz CT molecular complexity index is 1970. The summed E-state index contributed by atoms with van der Waals surface area (Å²) in [5.41, 5.74) is 3.98. The fraction of sp³-hybridized carbons (Fsp3) is 0.222. The van der Waals surface area contributed by atoms with Crippen molar-refractivity contribution in [3.8, 4) is 28.6 Å². The van der Waals surface area contributed by atoms with E-state index in [0.29, 0.717) is 46.1 Å². The molecule has 0 unspecified atom stereocenters. The van der Waals surface area contributed by atoms with Crippen LogP contribution in [0.3, 0.4) is 0 Å². The van der Waals surface area contributed by atoms with E-state index < -0.39 is 11.7 Å². The molecule has 46 heavy (non-hydrogen) atoms. The molecule has 5 rings (SSSR count). The zero-order valence-corrected chi connectivity index (χ0v) is 26.3. The number of rotatable bonds is 11. The third-order valence-electron chi connectivity index (χ3n) is 7.27. The second kappa shape index (κ2) is 14.1. The summed E-state index contributed by atoms with van der Waals surface area (Å²) in [4.78, 5) is 31.1. The van der Waals surface area contributed by atoms with Crippen LogP contribution in [-0.2, 0) is 4.79 Å². The molecular formula is C36H35FN4O5. The lowest BCUT2D eigenvalue weighted by Gasteiger charge is -2.17. The van der Waals surface area contributed by atoms with Gasteiger partial charge in [0.1, 0.15) is 11.6 Å². The Kier molecular flexibility index (Phi) is 9.76. The molecule has 0 atom stereocenters. The molecule has 0 spiro atoms. The van der Waals surface area contributed by atoms with E-state index in [1.807, 2.05) is 38.1 Å². The number of aryl methyl sites for hydroxylation is 1. The van der Waals surface area contributed by atoms with Crippen molar-refractivity contribution >= 4 is 28.7 Å². The van der Waals surface area contributed by atoms with Crippen LogP contribution in [-0.4, -0.2) is 42.1 Å². The average Bonchev–Trinajstić information content (AvgIpc) is 3.04. The first-order valence-electron chi connectivity index (χ1n) is 14.9. The van der Waals surface area contributed by atoms with Crippen LogP contribution in [0.4, 0.5) is 10.1 Å². The normalized spacial score (nSPS) is 11.3. The van der Waals surface area contributed by atoms with Crippen LogP contribution in [0.15, 0.2) is 88.8 Å². The van der Waals surface area contributed by atoms with Gasteiger partial charge < -0.3 is 19.5 Å². The molecule has 1 amide bonds. The first-order chi connectivity index (χ1) is 22.2. The lowest BCUT2D eigenvalue weighted by atomic mass is 9.96. The number of nitrogens with zero attached hydrogens (tertiary/aromatic N) is 3. The highest BCUT2D eigenvalue weighted by molar-refractivity contribution is 5.92. The van der Waals surface area contributed by atoms with Gasteiger partial charge in [0.25, 0.3) is 11.5 Å². The summed E-state index contributed by atoms with van der Waals surface area (Å²) < 4.78 is 31.6. The number of amides is 1. The number of para-hydroxylation sites is 1. The van der Waals surface area contributed by atoms with Crippen LogP contribution in [0, 0.1) is 12.7 Å². The number of ether oxygens (including phenoxy) is 3. The van der Waals surface area contributed by atoms with E-state index in [4.69, 9.17) is 19.2 Å². The van der Waals surface area contributed by atoms with E-state index in [2.05, 4.69) is 24.3 Å². The van der Waals surface area contributed by atoms with Crippen molar-refractivity contribution in [2.45, 2.75) is 33.6 Å². The predicted octanol–water partition coefficient (Wildman–Crippen LogP) is 6.94. The van der Waals surface area contributed by atoms with Gasteiger partial charge in [-0.1, -0.05) is 26.0 Å². The molecule has 1 N–H and O–H groups in total. The monoisotopic (exact) mass is 622 g/mol. The van der Waals surface area contributed by atoms with Gasteiger partial charge in [-0.25, -0.2) is 9.37 Å². The largest absolute Gasteiger partial charge is 0.496 e. The number of carbonyl (C=O) groups excluding carboxylic acids is 1. The van der Waals surface area contributed by atoms with Gasteiger partial charge in [0, 0.05) is 11.3 Å². The predicted molar refractivity (Wildman–Crippen MR) is 178 cm³/mol. The van der Waals surface area contributed by atoms with E-state index in [9.17, 15) is 14.0 Å². The quantitative estimate of drug-likeness (QED) is 0.160. The number of carbonyl (C=O) groups is 1. The summed E-state index contributed by atoms with van der Waals surface area (Å²) >= 11 is 0. The Labute approximate surface area is 266 Å². The Morgan fingerprint density at radius 3 is 2.48 bits per heavy atom. The highest BCUT2D eigenvalue weighted by Crippen LogP contribution is 2.34. The Balaban J connectivity index is 1.48. The highest BCUT2D eigenvalue weighted by Gasteiger charge is 2.18. The van der Waals surface area contributed by atoms with Gasteiger partial charge in [-0.05, 0) is 103 Å². The van der Waals surface area contributed by atoms with Gasteiger partial charge in [0.2, 0.25) is 0 Å². The van der Waals surface area contributed by atoms with Crippen LogP contribution in [0.5, 0.6) is 17.2 Å². The number of fused-ring (bicyclic) bond motifs is 1. The van der Waals surface area contributed by atoms with Crippen LogP contribution in [0.25, 0.3) is 22.3 Å². The Morgan fingerprint density at radius 1 is 1.00 bits per heavy atom. The zero-order chi connectivity index (χ0) is 32.8. The number of benzene rings is 4. The fourth-order valence-corrected chi connectivity index (χ4v) is 4.96. The van der Waals surface area contributed by atoms with Crippen molar-refractivity contribution in [3.05, 3.63) is 112 Å². The zero-order valence-electron chi connectivity index (χ0n) is 26.3. The van der Waals surface area contributed by atoms with Crippen LogP contribution < -0.4 is 25.1 Å². The maximum atomic E-state index is 13.8. The summed E-state index contributed by atoms with van der Waals surface area (Å²) in [5, 5.41) is 7.72. The molecule has 1 heterocycles. The number of hydrogen-bond donors (Lipinski definition) is 1. The molecule has 0 saturated carbocycles. The SMILES string of the molecule is CCOc1cc(C=Nn2c(-c3cc(C(C)C)c(OC)cc3C)nc3ccccc3c2=O)ccc1OCC(=O)Nc1ccc(F)cc1. The number of halogens is 1. The third-order valence-corrected chi connectivity index (χ3v) is 7.27. The summed E-state index contributed by atoms with van der Waals surface area (Å²) in [5.74, 6) is 1.29. The molecular weight excluding hydrogens is 587 g/mol. The number of methoxy groups -OCH3 is 1. The smallest absolute Gasteiger partial charge is 0.282 e. The molecule has 0 aliphatic heterocycles. The molecule has 0 aliphatic rings. The fourth-order valence-electron chi connectivity index (χ4n) is 4.96. The lowest BCUT2D eigenvalue weighted by molar-refractivity contribution is -0.118. The maximum Gasteiger partial charge on any atom is 0.282 e. The van der Waals surface area contributed by atoms with Crippen LogP contribution >= 0.6 is 0 Å². The number of aromatic nitrogens is 2. The minimum Gasteiger partial charge on any atom is -0.496 e. The Hall–Kier alpha value is -5.51. The first kappa shape index (κ1) is 31.9. The maximum absolute atomic E-state index is 13.8. The van der Waals surface area contributed by atoms with Crippen molar-refractivity contribution in [2.24, 2.45) is 5.10 Å². The van der Waals surface area contributed by atoms with E-state index >= 15 is 0 Å². The topological polar surface area (TPSA) is 104 Å². The second-order valence-corrected chi connectivity index (χ2v) is 10.9. The summed E-state index contributed by atoms with van der Waals surface area (Å²) in [6.07, 6.45) is 1.55. The molecule has 5 aromatic rings. The molecule has 0 radical (unpaired) electrons. The standard InChI is InChI=1S/C36H35FN4O5/c1-6-45-33-18-24(11-16-31(33)46-21-34(42)39-26-14-12-25(37)13-15-26)20-38-41-35(40-30-10-8-7-9-27(30)36(41)43)29-19-28(22(2)3)32(44-5)17-23(29)4/h7-20,22H,6,21H2,1-5H3,(H,39,42). The van der Waals surface area contributed by atoms with Gasteiger partial charge in [0.05, 0.1) is 30.8 Å². The van der Waals surface area contributed by atoms with E-state index in [0.717, 1.165) is 22.4 Å². The number of anilines is 1. The summed E-state index contributed by atoms with van der Waals surface area (Å²) in [6.45, 7) is 8.01. The molecule has 4 aromatic carbocycles. The molecule has 0 bridgehead atoms. The molecule has 10 heteroatoms. The van der Waals surface area contributed by atoms with Crippen LogP contribution in [0.2, 0.25) is 0 Å². The number of hydrogen-bond acceptors (Lipinski definition) is 7. The third kappa shape index (κ3) is 7.07. The lowest BCUT2D eigenvalue weighted by Crippen LogP contribution is -2.21. The minimum absolute atomic E-state index is 0.171. The van der Waals surface area contributed by atoms with Gasteiger partial charge >= 0.3 is 0 Å². The summed E-state index contributed by atoms with van der Waals surface area (Å²) in [6, 6.07) is 21.7. The van der Waals surface area contributed by atoms with Crippen molar-refractivity contribution in [2.75, 3.05) is 25.6 Å². The van der Waals surface area contributed by atoms with E-state index in [1.54, 1.807) is 43.7 Å². The number of nitrogens with one attached hydrogen (secondary N) is 1. The minimum atomic E-state index is -0.412. The van der Waals surface area contributed by atoms with Gasteiger partial charge in [-0.15, -0.1) is 0 Å². The van der Waals surface area contributed by atoms with E-state index in [-0.39, 0.29) is 18.1 Å². The van der Waals surface area contributed by atoms with Gasteiger partial charge in [-0.2, -0.15) is 9.78 Å². The first-order valence-corrected chi connectivity index (χ1v) is 14.9. The molecule has 0 fully saturated rings. The van der Waals surface area contributed by atoms with Crippen LogP contribution in [0.1, 0.15) is 43.4 Å². The highest BCUT2D eigenvalue weighted by atomic mass is 19.1. The van der Waals surface area contributed by atoms with Crippen molar-refractivity contribution in [1.29, 1.82) is 0 Å². The van der Waals surface area contributed by atoms with Crippen molar-refractivity contribution in [1.82, 2.24) is 9.66 Å². The Morgan fingerprint density at radius 2 is 1.76 bits per heavy atom. The molecule has 9 nitrogen and oxygen atoms in total.